The topological polar surface area (TPSA) is 64.0 Å². The summed E-state index contributed by atoms with van der Waals surface area (Å²) < 4.78 is 1.25. The Bertz CT molecular complexity index is 995. The van der Waals surface area contributed by atoms with E-state index in [4.69, 9.17) is 11.6 Å². The number of aromatic nitrogens is 2. The van der Waals surface area contributed by atoms with Crippen molar-refractivity contribution in [2.75, 3.05) is 5.32 Å². The summed E-state index contributed by atoms with van der Waals surface area (Å²) in [6, 6.07) is 17.1. The molecule has 2 aromatic carbocycles. The number of hydrogen-bond acceptors (Lipinski definition) is 3. The van der Waals surface area contributed by atoms with E-state index in [0.29, 0.717) is 22.8 Å². The van der Waals surface area contributed by atoms with Gasteiger partial charge in [-0.1, -0.05) is 48.4 Å². The minimum Gasteiger partial charge on any atom is -0.324 e. The Balaban J connectivity index is 1.90. The molecule has 0 saturated heterocycles. The van der Waals surface area contributed by atoms with Crippen LogP contribution in [0.5, 0.6) is 0 Å². The molecule has 138 valence electrons. The van der Waals surface area contributed by atoms with Gasteiger partial charge in [0.05, 0.1) is 5.69 Å². The van der Waals surface area contributed by atoms with Crippen LogP contribution < -0.4 is 10.9 Å². The third kappa shape index (κ3) is 4.44. The Hall–Kier alpha value is -2.92. The summed E-state index contributed by atoms with van der Waals surface area (Å²) in [5, 5.41) is 7.84. The molecule has 0 spiro atoms. The van der Waals surface area contributed by atoms with Gasteiger partial charge in [0.15, 0.2) is 0 Å². The lowest BCUT2D eigenvalue weighted by atomic mass is 10.1. The first-order valence-electron chi connectivity index (χ1n) is 8.71. The van der Waals surface area contributed by atoms with Gasteiger partial charge in [-0.15, -0.1) is 0 Å². The first-order valence-corrected chi connectivity index (χ1v) is 9.09. The predicted molar refractivity (Wildman–Crippen MR) is 108 cm³/mol. The fourth-order valence-corrected chi connectivity index (χ4v) is 2.88. The molecular weight excluding hydrogens is 362 g/mol. The number of nitrogens with zero attached hydrogens (tertiary/aromatic N) is 2. The fourth-order valence-electron chi connectivity index (χ4n) is 2.76. The van der Waals surface area contributed by atoms with Crippen molar-refractivity contribution in [3.63, 3.8) is 0 Å². The third-order valence-corrected chi connectivity index (χ3v) is 4.52. The molecule has 1 heterocycles. The zero-order chi connectivity index (χ0) is 19.4. The minimum atomic E-state index is -0.710. The lowest BCUT2D eigenvalue weighted by Crippen LogP contribution is -2.34. The van der Waals surface area contributed by atoms with Crippen molar-refractivity contribution in [2.24, 2.45) is 0 Å². The van der Waals surface area contributed by atoms with E-state index in [1.54, 1.807) is 30.3 Å². The quantitative estimate of drug-likeness (QED) is 0.709. The van der Waals surface area contributed by atoms with E-state index in [2.05, 4.69) is 10.4 Å². The number of hydrogen-bond donors (Lipinski definition) is 1. The summed E-state index contributed by atoms with van der Waals surface area (Å²) in [6.45, 7) is 3.85. The van der Waals surface area contributed by atoms with E-state index in [1.165, 1.54) is 10.7 Å². The van der Waals surface area contributed by atoms with Gasteiger partial charge in [-0.25, -0.2) is 4.68 Å². The van der Waals surface area contributed by atoms with Crippen LogP contribution in [0.25, 0.3) is 11.3 Å². The van der Waals surface area contributed by atoms with Crippen molar-refractivity contribution >= 4 is 23.2 Å². The molecule has 1 unspecified atom stereocenters. The van der Waals surface area contributed by atoms with Crippen LogP contribution in [0.2, 0.25) is 5.02 Å². The molecule has 1 atom stereocenters. The van der Waals surface area contributed by atoms with Crippen LogP contribution in [-0.4, -0.2) is 15.7 Å². The van der Waals surface area contributed by atoms with Crippen molar-refractivity contribution < 1.29 is 4.79 Å². The van der Waals surface area contributed by atoms with E-state index in [0.717, 1.165) is 11.1 Å². The van der Waals surface area contributed by atoms with Crippen LogP contribution in [0.4, 0.5) is 5.69 Å². The van der Waals surface area contributed by atoms with E-state index in [9.17, 15) is 9.59 Å². The minimum absolute atomic E-state index is 0.296. The summed E-state index contributed by atoms with van der Waals surface area (Å²) in [4.78, 5) is 25.1. The summed E-state index contributed by atoms with van der Waals surface area (Å²) in [7, 11) is 0. The van der Waals surface area contributed by atoms with E-state index in [-0.39, 0.29) is 11.5 Å². The average Bonchev–Trinajstić information content (AvgIpc) is 2.66. The summed E-state index contributed by atoms with van der Waals surface area (Å²) in [6.07, 6.45) is 0.434. The predicted octanol–water partition coefficient (Wildman–Crippen LogP) is 4.46. The third-order valence-electron chi connectivity index (χ3n) is 4.27. The first kappa shape index (κ1) is 18.9. The van der Waals surface area contributed by atoms with Gasteiger partial charge >= 0.3 is 0 Å². The van der Waals surface area contributed by atoms with Gasteiger partial charge in [-0.2, -0.15) is 5.10 Å². The highest BCUT2D eigenvalue weighted by Crippen LogP contribution is 2.19. The second-order valence-corrected chi connectivity index (χ2v) is 6.72. The number of carbonyl (C=O) groups is 1. The van der Waals surface area contributed by atoms with Crippen LogP contribution in [0, 0.1) is 6.92 Å². The number of carbonyl (C=O) groups excluding carboxylic acids is 1. The standard InChI is InChI=1S/C21H20ClN3O2/c1-3-19(21(27)23-17-10-8-16(22)9-11-17)25-20(26)13-12-18(24-25)15-6-4-14(2)5-7-15/h4-13,19H,3H2,1-2H3,(H,23,27). The Kier molecular flexibility index (Phi) is 5.72. The van der Waals surface area contributed by atoms with Gasteiger partial charge in [-0.05, 0) is 43.7 Å². The Labute approximate surface area is 162 Å². The normalized spacial score (nSPS) is 11.8. The summed E-state index contributed by atoms with van der Waals surface area (Å²) in [5.41, 5.74) is 2.98. The van der Waals surface area contributed by atoms with Crippen molar-refractivity contribution in [1.29, 1.82) is 0 Å². The van der Waals surface area contributed by atoms with Gasteiger partial charge in [0.25, 0.3) is 5.56 Å². The monoisotopic (exact) mass is 381 g/mol. The molecule has 0 aliphatic carbocycles. The molecule has 5 nitrogen and oxygen atoms in total. The zero-order valence-corrected chi connectivity index (χ0v) is 15.9. The lowest BCUT2D eigenvalue weighted by molar-refractivity contribution is -0.119. The highest BCUT2D eigenvalue weighted by Gasteiger charge is 2.21. The molecule has 6 heteroatoms. The molecule has 3 aromatic rings. The van der Waals surface area contributed by atoms with Crippen molar-refractivity contribution in [3.8, 4) is 11.3 Å². The summed E-state index contributed by atoms with van der Waals surface area (Å²) in [5.74, 6) is -0.296. The number of nitrogens with one attached hydrogen (secondary N) is 1. The average molecular weight is 382 g/mol. The lowest BCUT2D eigenvalue weighted by Gasteiger charge is -2.17. The second kappa shape index (κ2) is 8.18. The van der Waals surface area contributed by atoms with Crippen molar-refractivity contribution in [2.45, 2.75) is 26.3 Å². The number of amides is 1. The Morgan fingerprint density at radius 2 is 1.74 bits per heavy atom. The molecule has 0 aliphatic rings. The number of benzene rings is 2. The SMILES string of the molecule is CCC(C(=O)Nc1ccc(Cl)cc1)n1nc(-c2ccc(C)cc2)ccc1=O. The van der Waals surface area contributed by atoms with Crippen LogP contribution >= 0.6 is 11.6 Å². The highest BCUT2D eigenvalue weighted by molar-refractivity contribution is 6.30. The Morgan fingerprint density at radius 3 is 2.37 bits per heavy atom. The zero-order valence-electron chi connectivity index (χ0n) is 15.1. The van der Waals surface area contributed by atoms with Gasteiger partial charge in [0.1, 0.15) is 6.04 Å². The first-order chi connectivity index (χ1) is 13.0. The largest absolute Gasteiger partial charge is 0.324 e. The van der Waals surface area contributed by atoms with Gasteiger partial charge in [-0.3, -0.25) is 9.59 Å². The number of anilines is 1. The molecule has 3 rings (SSSR count). The van der Waals surface area contributed by atoms with Crippen LogP contribution in [0.15, 0.2) is 65.5 Å². The maximum Gasteiger partial charge on any atom is 0.267 e. The van der Waals surface area contributed by atoms with Crippen molar-refractivity contribution in [1.82, 2.24) is 9.78 Å². The smallest absolute Gasteiger partial charge is 0.267 e. The van der Waals surface area contributed by atoms with Crippen LogP contribution in [-0.2, 0) is 4.79 Å². The van der Waals surface area contributed by atoms with Gasteiger partial charge in [0.2, 0.25) is 5.91 Å². The number of halogens is 1. The molecule has 0 radical (unpaired) electrons. The number of rotatable bonds is 5. The molecule has 1 aromatic heterocycles. The molecule has 1 amide bonds. The van der Waals surface area contributed by atoms with Crippen molar-refractivity contribution in [3.05, 3.63) is 81.6 Å². The fraction of sp³-hybridized carbons (Fsp3) is 0.190. The van der Waals surface area contributed by atoms with Gasteiger partial charge < -0.3 is 5.32 Å². The van der Waals surface area contributed by atoms with Gasteiger partial charge in [0, 0.05) is 22.3 Å². The van der Waals surface area contributed by atoms with E-state index < -0.39 is 6.04 Å². The number of aryl methyl sites for hydroxylation is 1. The maximum atomic E-state index is 12.7. The molecule has 0 saturated carbocycles. The van der Waals surface area contributed by atoms with E-state index in [1.807, 2.05) is 38.1 Å². The maximum absolute atomic E-state index is 12.7. The second-order valence-electron chi connectivity index (χ2n) is 6.29. The molecule has 0 aliphatic heterocycles. The molecule has 0 fully saturated rings. The molecule has 0 bridgehead atoms. The molecular formula is C21H20ClN3O2. The van der Waals surface area contributed by atoms with E-state index >= 15 is 0 Å². The highest BCUT2D eigenvalue weighted by atomic mass is 35.5. The molecule has 1 N–H and O–H groups in total. The molecule has 27 heavy (non-hydrogen) atoms. The Morgan fingerprint density at radius 1 is 1.07 bits per heavy atom. The van der Waals surface area contributed by atoms with Crippen LogP contribution in [0.1, 0.15) is 24.9 Å². The summed E-state index contributed by atoms with van der Waals surface area (Å²) >= 11 is 5.87. The van der Waals surface area contributed by atoms with Crippen LogP contribution in [0.3, 0.4) is 0 Å².